The fourth-order valence-electron chi connectivity index (χ4n) is 2.54. The third-order valence-corrected chi connectivity index (χ3v) is 3.85. The molecule has 0 bridgehead atoms. The van der Waals surface area contributed by atoms with Crippen LogP contribution in [0.2, 0.25) is 0 Å². The van der Waals surface area contributed by atoms with Crippen molar-refractivity contribution < 1.29 is 0 Å². The second-order valence-corrected chi connectivity index (χ2v) is 5.79. The summed E-state index contributed by atoms with van der Waals surface area (Å²) in [4.78, 5) is 0. The van der Waals surface area contributed by atoms with E-state index in [2.05, 4.69) is 25.3 Å². The molecule has 19 heavy (non-hydrogen) atoms. The van der Waals surface area contributed by atoms with Crippen LogP contribution in [0.5, 0.6) is 0 Å². The molecule has 0 aromatic carbocycles. The summed E-state index contributed by atoms with van der Waals surface area (Å²) in [5, 5.41) is 0. The number of hydrogen-bond acceptors (Lipinski definition) is 0. The van der Waals surface area contributed by atoms with Gasteiger partial charge in [0.05, 0.1) is 0 Å². The van der Waals surface area contributed by atoms with Gasteiger partial charge >= 0.3 is 0 Å². The van der Waals surface area contributed by atoms with E-state index in [-0.39, 0.29) is 0 Å². The average molecular weight is 264 g/mol. The largest absolute Gasteiger partial charge is 0.133 e. The van der Waals surface area contributed by atoms with Gasteiger partial charge < -0.3 is 0 Å². The average Bonchev–Trinajstić information content (AvgIpc) is 2.43. The highest BCUT2D eigenvalue weighted by Crippen LogP contribution is 2.13. The summed E-state index contributed by atoms with van der Waals surface area (Å²) >= 11 is 0. The number of allylic oxidation sites excluding steroid dienone is 1. The van der Waals surface area contributed by atoms with Crippen molar-refractivity contribution in [3.8, 4) is 0 Å². The van der Waals surface area contributed by atoms with Gasteiger partial charge in [-0.05, 0) is 18.9 Å². The lowest BCUT2D eigenvalue weighted by Gasteiger charge is -2.02. The fourth-order valence-corrected chi connectivity index (χ4v) is 2.54. The van der Waals surface area contributed by atoms with Gasteiger partial charge in [-0.15, -0.1) is 5.73 Å². The number of rotatable bonds is 15. The maximum absolute atomic E-state index is 3.58. The third kappa shape index (κ3) is 17.5. The summed E-state index contributed by atoms with van der Waals surface area (Å²) in [6.45, 7) is 5.87. The van der Waals surface area contributed by atoms with Crippen molar-refractivity contribution in [3.63, 3.8) is 0 Å². The smallest absolute Gasteiger partial charge is 0.0275 e. The highest BCUT2D eigenvalue weighted by Gasteiger charge is 1.93. The molecule has 0 fully saturated rings. The van der Waals surface area contributed by atoms with Crippen LogP contribution in [-0.4, -0.2) is 0 Å². The van der Waals surface area contributed by atoms with Gasteiger partial charge in [-0.25, -0.2) is 0 Å². The van der Waals surface area contributed by atoms with Crippen LogP contribution in [-0.2, 0) is 0 Å². The SMILES string of the molecule is C=C=CCCCCCCCCCCCCCCCC. The first-order valence-corrected chi connectivity index (χ1v) is 8.76. The number of hydrogen-bond donors (Lipinski definition) is 0. The van der Waals surface area contributed by atoms with E-state index in [0.717, 1.165) is 0 Å². The Kier molecular flexibility index (Phi) is 17.1. The van der Waals surface area contributed by atoms with Crippen LogP contribution in [0.25, 0.3) is 0 Å². The molecule has 0 aliphatic carbocycles. The summed E-state index contributed by atoms with van der Waals surface area (Å²) in [7, 11) is 0. The molecular weight excluding hydrogens is 228 g/mol. The van der Waals surface area contributed by atoms with Gasteiger partial charge in [-0.1, -0.05) is 97.0 Å². The first-order valence-electron chi connectivity index (χ1n) is 8.76. The quantitative estimate of drug-likeness (QED) is 0.217. The molecule has 0 aliphatic heterocycles. The lowest BCUT2D eigenvalue weighted by atomic mass is 10.0. The van der Waals surface area contributed by atoms with E-state index >= 15 is 0 Å². The van der Waals surface area contributed by atoms with Crippen LogP contribution in [0.4, 0.5) is 0 Å². The molecule has 0 heterocycles. The molecule has 0 atom stereocenters. The summed E-state index contributed by atoms with van der Waals surface area (Å²) in [5.41, 5.74) is 2.84. The van der Waals surface area contributed by atoms with Crippen LogP contribution in [0.15, 0.2) is 18.4 Å². The van der Waals surface area contributed by atoms with Gasteiger partial charge in [0.15, 0.2) is 0 Å². The molecular formula is C19H36. The molecule has 0 aromatic heterocycles. The van der Waals surface area contributed by atoms with Gasteiger partial charge in [0.25, 0.3) is 0 Å². The minimum atomic E-state index is 1.17. The Hall–Kier alpha value is -0.480. The summed E-state index contributed by atoms with van der Waals surface area (Å²) in [6.07, 6.45) is 23.3. The Labute approximate surface area is 122 Å². The molecule has 0 nitrogen and oxygen atoms in total. The molecule has 0 rings (SSSR count). The Morgan fingerprint density at radius 1 is 0.632 bits per heavy atom. The molecule has 112 valence electrons. The van der Waals surface area contributed by atoms with Gasteiger partial charge in [0, 0.05) is 0 Å². The molecule has 0 N–H and O–H groups in total. The fraction of sp³-hybridized carbons (Fsp3) is 0.842. The third-order valence-electron chi connectivity index (χ3n) is 3.85. The molecule has 0 aliphatic rings. The summed E-state index contributed by atoms with van der Waals surface area (Å²) in [5.74, 6) is 0. The van der Waals surface area contributed by atoms with Crippen LogP contribution in [0.1, 0.15) is 103 Å². The van der Waals surface area contributed by atoms with Gasteiger partial charge in [-0.3, -0.25) is 0 Å². The maximum Gasteiger partial charge on any atom is -0.0275 e. The highest BCUT2D eigenvalue weighted by atomic mass is 14.0. The van der Waals surface area contributed by atoms with Gasteiger partial charge in [0.2, 0.25) is 0 Å². The maximum atomic E-state index is 3.58. The second kappa shape index (κ2) is 17.5. The van der Waals surface area contributed by atoms with Crippen molar-refractivity contribution in [1.29, 1.82) is 0 Å². The van der Waals surface area contributed by atoms with Crippen molar-refractivity contribution in [3.05, 3.63) is 18.4 Å². The van der Waals surface area contributed by atoms with Crippen molar-refractivity contribution >= 4 is 0 Å². The number of unbranched alkanes of at least 4 members (excludes halogenated alkanes) is 14. The zero-order chi connectivity index (χ0) is 14.0. The van der Waals surface area contributed by atoms with Crippen molar-refractivity contribution in [2.75, 3.05) is 0 Å². The van der Waals surface area contributed by atoms with Crippen LogP contribution >= 0.6 is 0 Å². The molecule has 0 aromatic rings. The molecule has 0 radical (unpaired) electrons. The van der Waals surface area contributed by atoms with Crippen molar-refractivity contribution in [1.82, 2.24) is 0 Å². The highest BCUT2D eigenvalue weighted by molar-refractivity contribution is 4.74. The summed E-state index contributed by atoms with van der Waals surface area (Å²) in [6, 6.07) is 0. The lowest BCUT2D eigenvalue weighted by molar-refractivity contribution is 0.536. The van der Waals surface area contributed by atoms with Crippen molar-refractivity contribution in [2.45, 2.75) is 103 Å². The zero-order valence-electron chi connectivity index (χ0n) is 13.4. The van der Waals surface area contributed by atoms with E-state index in [4.69, 9.17) is 0 Å². The Bertz CT molecular complexity index is 198. The minimum Gasteiger partial charge on any atom is -0.133 e. The predicted molar refractivity (Wildman–Crippen MR) is 88.6 cm³/mol. The minimum absolute atomic E-state index is 1.17. The monoisotopic (exact) mass is 264 g/mol. The van der Waals surface area contributed by atoms with E-state index in [0.29, 0.717) is 0 Å². The molecule has 0 unspecified atom stereocenters. The molecule has 0 heteroatoms. The summed E-state index contributed by atoms with van der Waals surface area (Å²) < 4.78 is 0. The molecule has 0 saturated carbocycles. The standard InChI is InChI=1S/C19H36/c1-3-5-7-9-11-13-15-17-19-18-16-14-12-10-8-6-4-2/h5H,1,4,6-19H2,2H3. The first kappa shape index (κ1) is 18.5. The second-order valence-electron chi connectivity index (χ2n) is 5.79. The van der Waals surface area contributed by atoms with Crippen LogP contribution in [0, 0.1) is 0 Å². The van der Waals surface area contributed by atoms with Crippen LogP contribution < -0.4 is 0 Å². The van der Waals surface area contributed by atoms with E-state index in [1.807, 2.05) is 0 Å². The van der Waals surface area contributed by atoms with E-state index < -0.39 is 0 Å². The topological polar surface area (TPSA) is 0 Å². The van der Waals surface area contributed by atoms with Crippen LogP contribution in [0.3, 0.4) is 0 Å². The normalized spacial score (nSPS) is 10.4. The predicted octanol–water partition coefficient (Wildman–Crippen LogP) is 7.20. The van der Waals surface area contributed by atoms with Crippen molar-refractivity contribution in [2.24, 2.45) is 0 Å². The van der Waals surface area contributed by atoms with Gasteiger partial charge in [-0.2, -0.15) is 0 Å². The van der Waals surface area contributed by atoms with E-state index in [1.165, 1.54) is 96.3 Å². The van der Waals surface area contributed by atoms with E-state index in [9.17, 15) is 0 Å². The van der Waals surface area contributed by atoms with Gasteiger partial charge in [0.1, 0.15) is 0 Å². The Morgan fingerprint density at radius 3 is 1.37 bits per heavy atom. The molecule has 0 amide bonds. The Morgan fingerprint density at radius 2 is 1.00 bits per heavy atom. The lowest BCUT2D eigenvalue weighted by Crippen LogP contribution is -1.83. The van der Waals surface area contributed by atoms with E-state index in [1.54, 1.807) is 0 Å². The first-order chi connectivity index (χ1) is 9.41. The zero-order valence-corrected chi connectivity index (χ0v) is 13.4. The Balaban J connectivity index is 2.93. The molecule has 0 spiro atoms. The molecule has 0 saturated heterocycles.